The Kier molecular flexibility index (Phi) is 6.05. The maximum atomic E-state index is 13.3. The molecule has 1 atom stereocenters. The summed E-state index contributed by atoms with van der Waals surface area (Å²) in [6, 6.07) is 19.8. The van der Waals surface area contributed by atoms with Crippen molar-refractivity contribution in [2.75, 3.05) is 12.0 Å². The number of aryl methyl sites for hydroxylation is 3. The lowest BCUT2D eigenvalue weighted by atomic mass is 9.92. The number of anilines is 1. The van der Waals surface area contributed by atoms with Crippen molar-refractivity contribution in [3.05, 3.63) is 100 Å². The van der Waals surface area contributed by atoms with Crippen LogP contribution >= 0.6 is 0 Å². The number of hydrogen-bond acceptors (Lipinski definition) is 4. The Labute approximate surface area is 193 Å². The molecule has 0 saturated carbocycles. The molecule has 1 saturated heterocycles. The minimum absolute atomic E-state index is 0.0840. The van der Waals surface area contributed by atoms with Crippen molar-refractivity contribution >= 4 is 23.1 Å². The maximum absolute atomic E-state index is 13.3. The number of hydrogen-bond donors (Lipinski definition) is 1. The van der Waals surface area contributed by atoms with Crippen LogP contribution in [-0.4, -0.2) is 23.9 Å². The van der Waals surface area contributed by atoms with Crippen molar-refractivity contribution in [2.45, 2.75) is 33.2 Å². The van der Waals surface area contributed by atoms with Crippen molar-refractivity contribution in [1.29, 1.82) is 0 Å². The van der Waals surface area contributed by atoms with Crippen LogP contribution in [0.5, 0.6) is 5.75 Å². The van der Waals surface area contributed by atoms with Crippen molar-refractivity contribution in [3.63, 3.8) is 0 Å². The predicted octanol–water partition coefficient (Wildman–Crippen LogP) is 5.50. The van der Waals surface area contributed by atoms with Gasteiger partial charge in [0.2, 0.25) is 0 Å². The molecule has 3 aromatic rings. The van der Waals surface area contributed by atoms with E-state index in [0.717, 1.165) is 28.7 Å². The number of methoxy groups -OCH3 is 1. The van der Waals surface area contributed by atoms with Gasteiger partial charge in [-0.05, 0) is 66.8 Å². The number of carbonyl (C=O) groups is 2. The molecule has 0 aliphatic carbocycles. The first-order chi connectivity index (χ1) is 15.9. The fourth-order valence-electron chi connectivity index (χ4n) is 4.35. The number of amides is 1. The lowest BCUT2D eigenvalue weighted by Gasteiger charge is -2.25. The Morgan fingerprint density at radius 2 is 1.64 bits per heavy atom. The SMILES string of the molecule is CCc1ccc(C2/C(=C(\O)c3cc(C)c(OC)cc3C)C(=O)C(=O)N2c2ccccc2)cc1. The third-order valence-corrected chi connectivity index (χ3v) is 6.18. The average molecular weight is 442 g/mol. The van der Waals surface area contributed by atoms with E-state index in [1.807, 2.05) is 62.4 Å². The molecule has 5 nitrogen and oxygen atoms in total. The summed E-state index contributed by atoms with van der Waals surface area (Å²) in [7, 11) is 1.59. The molecule has 4 rings (SSSR count). The van der Waals surface area contributed by atoms with Crippen molar-refractivity contribution < 1.29 is 19.4 Å². The third-order valence-electron chi connectivity index (χ3n) is 6.18. The van der Waals surface area contributed by atoms with E-state index >= 15 is 0 Å². The van der Waals surface area contributed by atoms with Gasteiger partial charge >= 0.3 is 0 Å². The van der Waals surface area contributed by atoms with E-state index in [2.05, 4.69) is 6.92 Å². The average Bonchev–Trinajstić information content (AvgIpc) is 3.10. The molecular formula is C28H27NO4. The van der Waals surface area contributed by atoms with Crippen molar-refractivity contribution in [2.24, 2.45) is 0 Å². The van der Waals surface area contributed by atoms with Gasteiger partial charge in [0.25, 0.3) is 11.7 Å². The zero-order chi connectivity index (χ0) is 23.7. The summed E-state index contributed by atoms with van der Waals surface area (Å²) in [5.74, 6) is -0.843. The van der Waals surface area contributed by atoms with Crippen LogP contribution in [-0.2, 0) is 16.0 Å². The second kappa shape index (κ2) is 8.94. The zero-order valence-corrected chi connectivity index (χ0v) is 19.3. The van der Waals surface area contributed by atoms with Crippen LogP contribution in [0.1, 0.15) is 40.8 Å². The van der Waals surface area contributed by atoms with E-state index in [9.17, 15) is 14.7 Å². The molecule has 1 aliphatic heterocycles. The topological polar surface area (TPSA) is 66.8 Å². The van der Waals surface area contributed by atoms with Gasteiger partial charge in [-0.15, -0.1) is 0 Å². The van der Waals surface area contributed by atoms with Gasteiger partial charge in [0.05, 0.1) is 18.7 Å². The number of ether oxygens (including phenoxy) is 1. The Hall–Kier alpha value is -3.86. The monoisotopic (exact) mass is 441 g/mol. The summed E-state index contributed by atoms with van der Waals surface area (Å²) >= 11 is 0. The van der Waals surface area contributed by atoms with Crippen LogP contribution in [0, 0.1) is 13.8 Å². The highest BCUT2D eigenvalue weighted by atomic mass is 16.5. The quantitative estimate of drug-likeness (QED) is 0.322. The number of rotatable bonds is 5. The molecule has 1 N–H and O–H groups in total. The Morgan fingerprint density at radius 3 is 2.24 bits per heavy atom. The van der Waals surface area contributed by atoms with E-state index in [-0.39, 0.29) is 11.3 Å². The zero-order valence-electron chi connectivity index (χ0n) is 19.3. The minimum atomic E-state index is -0.736. The van der Waals surface area contributed by atoms with Crippen LogP contribution in [0.15, 0.2) is 72.3 Å². The Morgan fingerprint density at radius 1 is 0.970 bits per heavy atom. The second-order valence-corrected chi connectivity index (χ2v) is 8.24. The van der Waals surface area contributed by atoms with Gasteiger partial charge in [-0.3, -0.25) is 14.5 Å². The van der Waals surface area contributed by atoms with E-state index in [1.165, 1.54) is 4.90 Å². The summed E-state index contributed by atoms with van der Waals surface area (Å²) in [6.45, 7) is 5.79. The van der Waals surface area contributed by atoms with E-state index in [1.54, 1.807) is 25.3 Å². The molecule has 0 radical (unpaired) electrons. The van der Waals surface area contributed by atoms with Crippen LogP contribution in [0.3, 0.4) is 0 Å². The standard InChI is InChI=1S/C28H27NO4/c1-5-19-11-13-20(14-12-19)25-24(26(30)22-15-18(3)23(33-4)16-17(22)2)27(31)28(32)29(25)21-9-7-6-8-10-21/h6-16,25,30H,5H2,1-4H3/b26-24+. The Balaban J connectivity index is 1.95. The van der Waals surface area contributed by atoms with E-state index in [4.69, 9.17) is 4.74 Å². The number of carbonyl (C=O) groups excluding carboxylic acids is 2. The van der Waals surface area contributed by atoms with Gasteiger partial charge in [0, 0.05) is 11.3 Å². The van der Waals surface area contributed by atoms with Gasteiger partial charge in [-0.25, -0.2) is 0 Å². The molecule has 5 heteroatoms. The van der Waals surface area contributed by atoms with Crippen LogP contribution in [0.2, 0.25) is 0 Å². The van der Waals surface area contributed by atoms with Crippen LogP contribution in [0.25, 0.3) is 5.76 Å². The van der Waals surface area contributed by atoms with Crippen LogP contribution in [0.4, 0.5) is 5.69 Å². The number of nitrogens with zero attached hydrogens (tertiary/aromatic N) is 1. The van der Waals surface area contributed by atoms with Crippen molar-refractivity contribution in [1.82, 2.24) is 0 Å². The predicted molar refractivity (Wildman–Crippen MR) is 130 cm³/mol. The number of aliphatic hydroxyl groups is 1. The molecule has 0 aromatic heterocycles. The highest BCUT2D eigenvalue weighted by Crippen LogP contribution is 2.43. The first kappa shape index (κ1) is 22.3. The number of para-hydroxylation sites is 1. The molecule has 1 fully saturated rings. The van der Waals surface area contributed by atoms with Crippen molar-refractivity contribution in [3.8, 4) is 5.75 Å². The molecule has 3 aromatic carbocycles. The molecule has 33 heavy (non-hydrogen) atoms. The van der Waals surface area contributed by atoms with Crippen LogP contribution < -0.4 is 9.64 Å². The first-order valence-corrected chi connectivity index (χ1v) is 11.0. The van der Waals surface area contributed by atoms with E-state index in [0.29, 0.717) is 17.0 Å². The molecule has 1 aliphatic rings. The normalized spacial score (nSPS) is 17.5. The minimum Gasteiger partial charge on any atom is -0.507 e. The smallest absolute Gasteiger partial charge is 0.300 e. The van der Waals surface area contributed by atoms with Gasteiger partial charge in [0.15, 0.2) is 0 Å². The fourth-order valence-corrected chi connectivity index (χ4v) is 4.35. The fraction of sp³-hybridized carbons (Fsp3) is 0.214. The molecule has 1 heterocycles. The highest BCUT2D eigenvalue weighted by molar-refractivity contribution is 6.51. The van der Waals surface area contributed by atoms with Gasteiger partial charge in [-0.2, -0.15) is 0 Å². The molecule has 0 spiro atoms. The van der Waals surface area contributed by atoms with Gasteiger partial charge < -0.3 is 9.84 Å². The number of aliphatic hydroxyl groups excluding tert-OH is 1. The maximum Gasteiger partial charge on any atom is 0.300 e. The van der Waals surface area contributed by atoms with E-state index < -0.39 is 17.7 Å². The lowest BCUT2D eigenvalue weighted by molar-refractivity contribution is -0.132. The third kappa shape index (κ3) is 3.91. The summed E-state index contributed by atoms with van der Waals surface area (Å²) in [5.41, 5.74) is 4.68. The molecule has 1 amide bonds. The molecule has 1 unspecified atom stereocenters. The summed E-state index contributed by atoms with van der Waals surface area (Å²) in [4.78, 5) is 28.0. The Bertz CT molecular complexity index is 1240. The van der Waals surface area contributed by atoms with Gasteiger partial charge in [0.1, 0.15) is 11.5 Å². The first-order valence-electron chi connectivity index (χ1n) is 11.0. The largest absolute Gasteiger partial charge is 0.507 e. The number of Topliss-reactive ketones (excluding diaryl/α,β-unsaturated/α-hetero) is 1. The second-order valence-electron chi connectivity index (χ2n) is 8.24. The highest BCUT2D eigenvalue weighted by Gasteiger charge is 2.47. The van der Waals surface area contributed by atoms with Gasteiger partial charge in [-0.1, -0.05) is 49.4 Å². The summed E-state index contributed by atoms with van der Waals surface area (Å²) < 4.78 is 5.38. The number of ketones is 1. The summed E-state index contributed by atoms with van der Waals surface area (Å²) in [5, 5.41) is 11.4. The molecular weight excluding hydrogens is 414 g/mol. The number of benzene rings is 3. The molecule has 0 bridgehead atoms. The summed E-state index contributed by atoms with van der Waals surface area (Å²) in [6.07, 6.45) is 0.878. The lowest BCUT2D eigenvalue weighted by Crippen LogP contribution is -2.29. The molecule has 168 valence electrons.